The Kier molecular flexibility index (Phi) is 5.58. The number of carbonyl (C=O) groups is 1. The minimum Gasteiger partial charge on any atom is -0.495 e. The number of benzene rings is 1. The summed E-state index contributed by atoms with van der Waals surface area (Å²) in [5.74, 6) is -0.349. The Morgan fingerprint density at radius 1 is 1.38 bits per heavy atom. The van der Waals surface area contributed by atoms with Gasteiger partial charge < -0.3 is 9.30 Å². The Morgan fingerprint density at radius 2 is 2.08 bits per heavy atom. The highest BCUT2D eigenvalue weighted by molar-refractivity contribution is 7.89. The molecule has 7 nitrogen and oxygen atoms in total. The highest BCUT2D eigenvalue weighted by atomic mass is 32.2. The monoisotopic (exact) mass is 369 g/mol. The van der Waals surface area contributed by atoms with Gasteiger partial charge in [0.2, 0.25) is 10.0 Å². The molecule has 1 heterocycles. The van der Waals surface area contributed by atoms with Crippen LogP contribution in [0.1, 0.15) is 24.2 Å². The average Bonchev–Trinajstić information content (AvgIpc) is 2.90. The second-order valence-electron chi connectivity index (χ2n) is 5.36. The number of nitrogens with zero attached hydrogens (tertiary/aromatic N) is 2. The van der Waals surface area contributed by atoms with E-state index in [2.05, 4.69) is 9.71 Å². The van der Waals surface area contributed by atoms with Crippen LogP contribution in [0.5, 0.6) is 5.75 Å². The maximum atomic E-state index is 12.4. The van der Waals surface area contributed by atoms with E-state index in [1.54, 1.807) is 31.7 Å². The lowest BCUT2D eigenvalue weighted by molar-refractivity contribution is 0.0997. The van der Waals surface area contributed by atoms with E-state index in [-0.39, 0.29) is 22.3 Å². The van der Waals surface area contributed by atoms with Crippen molar-refractivity contribution in [1.29, 1.82) is 0 Å². The number of aromatic nitrogens is 1. The summed E-state index contributed by atoms with van der Waals surface area (Å²) in [7, 11) is -0.647. The van der Waals surface area contributed by atoms with Crippen LogP contribution in [0.15, 0.2) is 39.7 Å². The van der Waals surface area contributed by atoms with Gasteiger partial charge in [-0.1, -0.05) is 0 Å². The molecule has 0 bridgehead atoms. The van der Waals surface area contributed by atoms with Crippen LogP contribution in [0.3, 0.4) is 0 Å². The van der Waals surface area contributed by atoms with Crippen LogP contribution in [0.4, 0.5) is 0 Å². The number of hydrogen-bond acceptors (Lipinski definition) is 5. The smallest absolute Gasteiger partial charge is 0.279 e. The van der Waals surface area contributed by atoms with E-state index in [4.69, 9.17) is 4.74 Å². The molecule has 0 atom stereocenters. The highest BCUT2D eigenvalue weighted by Gasteiger charge is 2.22. The van der Waals surface area contributed by atoms with Gasteiger partial charge in [0.15, 0.2) is 4.80 Å². The van der Waals surface area contributed by atoms with E-state index in [1.807, 2.05) is 5.38 Å². The Morgan fingerprint density at radius 3 is 2.62 bits per heavy atom. The fourth-order valence-corrected chi connectivity index (χ4v) is 4.15. The molecule has 2 aromatic rings. The van der Waals surface area contributed by atoms with E-state index in [0.717, 1.165) is 0 Å². The fourth-order valence-electron chi connectivity index (χ4n) is 1.98. The van der Waals surface area contributed by atoms with Gasteiger partial charge in [-0.25, -0.2) is 13.1 Å². The Bertz CT molecular complexity index is 911. The molecule has 0 radical (unpaired) electrons. The number of hydrogen-bond donors (Lipinski definition) is 1. The van der Waals surface area contributed by atoms with Crippen LogP contribution in [0, 0.1) is 0 Å². The molecular formula is C15H19N3O4S2. The van der Waals surface area contributed by atoms with Crippen molar-refractivity contribution < 1.29 is 17.9 Å². The first-order chi connectivity index (χ1) is 11.2. The molecule has 0 aliphatic heterocycles. The van der Waals surface area contributed by atoms with Crippen molar-refractivity contribution in [2.24, 2.45) is 12.0 Å². The van der Waals surface area contributed by atoms with Crippen LogP contribution >= 0.6 is 11.3 Å². The van der Waals surface area contributed by atoms with Gasteiger partial charge in [-0.3, -0.25) is 4.79 Å². The SMILES string of the molecule is COc1ccc(C(=O)N=c2sccn2C)cc1S(=O)(=O)NC(C)C. The van der Waals surface area contributed by atoms with Gasteiger partial charge in [-0.05, 0) is 32.0 Å². The summed E-state index contributed by atoms with van der Waals surface area (Å²) in [4.78, 5) is 16.8. The lowest BCUT2D eigenvalue weighted by Crippen LogP contribution is -2.30. The summed E-state index contributed by atoms with van der Waals surface area (Å²) in [6, 6.07) is 3.94. The molecule has 24 heavy (non-hydrogen) atoms. The van der Waals surface area contributed by atoms with Crippen molar-refractivity contribution in [3.8, 4) is 5.75 Å². The van der Waals surface area contributed by atoms with Crippen molar-refractivity contribution in [2.45, 2.75) is 24.8 Å². The van der Waals surface area contributed by atoms with E-state index in [9.17, 15) is 13.2 Å². The molecule has 0 saturated heterocycles. The molecule has 0 aliphatic carbocycles. The Labute approximate surface area is 144 Å². The van der Waals surface area contributed by atoms with Crippen LogP contribution in [0.25, 0.3) is 0 Å². The van der Waals surface area contributed by atoms with E-state index in [0.29, 0.717) is 4.80 Å². The van der Waals surface area contributed by atoms with Gasteiger partial charge in [0, 0.05) is 30.2 Å². The molecule has 0 fully saturated rings. The van der Waals surface area contributed by atoms with Crippen LogP contribution in [-0.2, 0) is 17.1 Å². The van der Waals surface area contributed by atoms with Crippen LogP contribution in [0.2, 0.25) is 0 Å². The quantitative estimate of drug-likeness (QED) is 0.865. The molecule has 1 aromatic carbocycles. The lowest BCUT2D eigenvalue weighted by atomic mass is 10.2. The standard InChI is InChI=1S/C15H19N3O4S2/c1-10(2)17-24(20,21)13-9-11(5-6-12(13)22-4)14(19)16-15-18(3)7-8-23-15/h5-10,17H,1-4H3. The minimum atomic E-state index is -3.80. The number of amides is 1. The second-order valence-corrected chi connectivity index (χ2v) is 7.91. The molecule has 0 unspecified atom stereocenters. The van der Waals surface area contributed by atoms with E-state index in [1.165, 1.54) is 36.6 Å². The Balaban J connectivity index is 2.50. The predicted octanol–water partition coefficient (Wildman–Crippen LogP) is 1.52. The van der Waals surface area contributed by atoms with E-state index < -0.39 is 15.9 Å². The number of aryl methyl sites for hydroxylation is 1. The number of thiazole rings is 1. The maximum absolute atomic E-state index is 12.4. The van der Waals surface area contributed by atoms with Crippen molar-refractivity contribution in [1.82, 2.24) is 9.29 Å². The van der Waals surface area contributed by atoms with Crippen molar-refractivity contribution in [3.05, 3.63) is 40.1 Å². The molecule has 1 N–H and O–H groups in total. The average molecular weight is 369 g/mol. The van der Waals surface area contributed by atoms with Gasteiger partial charge in [0.1, 0.15) is 10.6 Å². The summed E-state index contributed by atoms with van der Waals surface area (Å²) < 4.78 is 34.2. The van der Waals surface area contributed by atoms with Crippen molar-refractivity contribution in [3.63, 3.8) is 0 Å². The molecule has 0 saturated carbocycles. The van der Waals surface area contributed by atoms with Gasteiger partial charge in [0.05, 0.1) is 7.11 Å². The van der Waals surface area contributed by atoms with Gasteiger partial charge >= 0.3 is 0 Å². The zero-order chi connectivity index (χ0) is 17.9. The van der Waals surface area contributed by atoms with Crippen molar-refractivity contribution >= 4 is 27.3 Å². The third-order valence-corrected chi connectivity index (χ3v) is 5.58. The van der Waals surface area contributed by atoms with Crippen LogP contribution < -0.4 is 14.3 Å². The van der Waals surface area contributed by atoms with Gasteiger partial charge in [-0.2, -0.15) is 4.99 Å². The number of ether oxygens (including phenoxy) is 1. The molecule has 0 spiro atoms. The summed E-state index contributed by atoms with van der Waals surface area (Å²) >= 11 is 1.32. The zero-order valence-electron chi connectivity index (χ0n) is 13.8. The van der Waals surface area contributed by atoms with Crippen molar-refractivity contribution in [2.75, 3.05) is 7.11 Å². The molecule has 2 rings (SSSR count). The normalized spacial score (nSPS) is 12.6. The molecule has 130 valence electrons. The number of methoxy groups -OCH3 is 1. The van der Waals surface area contributed by atoms with E-state index >= 15 is 0 Å². The largest absolute Gasteiger partial charge is 0.495 e. The molecule has 1 aromatic heterocycles. The fraction of sp³-hybridized carbons (Fsp3) is 0.333. The molecule has 9 heteroatoms. The lowest BCUT2D eigenvalue weighted by Gasteiger charge is -2.13. The summed E-state index contributed by atoms with van der Waals surface area (Å²) in [6.07, 6.45) is 1.78. The maximum Gasteiger partial charge on any atom is 0.279 e. The molecule has 1 amide bonds. The number of nitrogens with one attached hydrogen (secondary N) is 1. The predicted molar refractivity (Wildman–Crippen MR) is 91.6 cm³/mol. The minimum absolute atomic E-state index is 0.0877. The topological polar surface area (TPSA) is 89.8 Å². The first kappa shape index (κ1) is 18.4. The third-order valence-electron chi connectivity index (χ3n) is 3.05. The third kappa shape index (κ3) is 4.11. The number of carbonyl (C=O) groups excluding carboxylic acids is 1. The second kappa shape index (κ2) is 7.29. The number of rotatable bonds is 5. The number of sulfonamides is 1. The molecular weight excluding hydrogens is 350 g/mol. The summed E-state index contributed by atoms with van der Waals surface area (Å²) in [5.41, 5.74) is 0.174. The first-order valence-electron chi connectivity index (χ1n) is 7.14. The first-order valence-corrected chi connectivity index (χ1v) is 9.50. The van der Waals surface area contributed by atoms with Gasteiger partial charge in [0.25, 0.3) is 5.91 Å². The summed E-state index contributed by atoms with van der Waals surface area (Å²) in [5, 5.41) is 1.81. The highest BCUT2D eigenvalue weighted by Crippen LogP contribution is 2.25. The summed E-state index contributed by atoms with van der Waals surface area (Å²) in [6.45, 7) is 3.43. The Hall–Kier alpha value is -1.97. The van der Waals surface area contributed by atoms with Gasteiger partial charge in [-0.15, -0.1) is 11.3 Å². The zero-order valence-corrected chi connectivity index (χ0v) is 15.4. The van der Waals surface area contributed by atoms with Crippen LogP contribution in [-0.4, -0.2) is 32.0 Å². The molecule has 0 aliphatic rings.